The van der Waals surface area contributed by atoms with Crippen molar-refractivity contribution in [3.63, 3.8) is 0 Å². The van der Waals surface area contributed by atoms with Crippen molar-refractivity contribution in [1.82, 2.24) is 0 Å². The highest BCUT2D eigenvalue weighted by molar-refractivity contribution is 6.25. The van der Waals surface area contributed by atoms with Gasteiger partial charge in [-0.25, -0.2) is 4.90 Å². The Balaban J connectivity index is 1.67. The Kier molecular flexibility index (Phi) is 2.23. The lowest BCUT2D eigenvalue weighted by atomic mass is 9.85. The molecule has 0 aromatic heterocycles. The first-order valence-corrected chi connectivity index (χ1v) is 7.45. The predicted molar refractivity (Wildman–Crippen MR) is 81.2 cm³/mol. The minimum Gasteiger partial charge on any atom is -0.365 e. The van der Waals surface area contributed by atoms with Crippen LogP contribution < -0.4 is 4.90 Å². The Morgan fingerprint density at radius 3 is 2.18 bits per heavy atom. The van der Waals surface area contributed by atoms with Crippen LogP contribution in [0, 0.1) is 11.8 Å². The van der Waals surface area contributed by atoms with Crippen LogP contribution in [-0.2, 0) is 14.3 Å². The van der Waals surface area contributed by atoms with Gasteiger partial charge < -0.3 is 4.74 Å². The summed E-state index contributed by atoms with van der Waals surface area (Å²) in [6.07, 6.45) is 3.32. The minimum absolute atomic E-state index is 0.136. The number of hydrogen-bond donors (Lipinski definition) is 0. The average molecular weight is 291 g/mol. The number of imide groups is 1. The van der Waals surface area contributed by atoms with Gasteiger partial charge in [-0.1, -0.05) is 48.6 Å². The van der Waals surface area contributed by atoms with Gasteiger partial charge in [0.2, 0.25) is 11.8 Å². The second-order valence-electron chi connectivity index (χ2n) is 6.01. The quantitative estimate of drug-likeness (QED) is 0.598. The Morgan fingerprint density at radius 1 is 0.818 bits per heavy atom. The van der Waals surface area contributed by atoms with Gasteiger partial charge in [0.05, 0.1) is 29.7 Å². The Labute approximate surface area is 127 Å². The molecule has 0 spiro atoms. The van der Waals surface area contributed by atoms with Crippen LogP contribution in [0.3, 0.4) is 0 Å². The van der Waals surface area contributed by atoms with Crippen LogP contribution >= 0.6 is 0 Å². The lowest BCUT2D eigenvalue weighted by molar-refractivity contribution is -0.124. The zero-order valence-corrected chi connectivity index (χ0v) is 11.7. The molecule has 3 aliphatic rings. The molecular weight excluding hydrogens is 278 g/mol. The monoisotopic (exact) mass is 291 g/mol. The fourth-order valence-electron chi connectivity index (χ4n) is 3.94. The van der Waals surface area contributed by atoms with Crippen LogP contribution in [0.15, 0.2) is 54.6 Å². The molecular formula is C18H13NO3. The molecule has 4 atom stereocenters. The second-order valence-corrected chi connectivity index (χ2v) is 6.01. The van der Waals surface area contributed by atoms with Crippen LogP contribution in [0.25, 0.3) is 10.8 Å². The third-order valence-corrected chi connectivity index (χ3v) is 4.92. The molecule has 4 nitrogen and oxygen atoms in total. The Hall–Kier alpha value is -2.46. The van der Waals surface area contributed by atoms with Crippen LogP contribution in [-0.4, -0.2) is 24.0 Å². The summed E-state index contributed by atoms with van der Waals surface area (Å²) in [6, 6.07) is 13.5. The normalized spacial score (nSPS) is 32.3. The van der Waals surface area contributed by atoms with Crippen molar-refractivity contribution < 1.29 is 14.3 Å². The van der Waals surface area contributed by atoms with Gasteiger partial charge in [0, 0.05) is 5.39 Å². The third kappa shape index (κ3) is 1.35. The zero-order chi connectivity index (χ0) is 14.8. The van der Waals surface area contributed by atoms with Gasteiger partial charge >= 0.3 is 0 Å². The highest BCUT2D eigenvalue weighted by Crippen LogP contribution is 2.47. The van der Waals surface area contributed by atoms with Gasteiger partial charge in [0.15, 0.2) is 0 Å². The summed E-state index contributed by atoms with van der Waals surface area (Å²) < 4.78 is 5.67. The van der Waals surface area contributed by atoms with Gasteiger partial charge in [-0.05, 0) is 11.5 Å². The van der Waals surface area contributed by atoms with Crippen LogP contribution in [0.5, 0.6) is 0 Å². The maximum atomic E-state index is 12.8. The summed E-state index contributed by atoms with van der Waals surface area (Å²) in [5, 5.41) is 1.95. The van der Waals surface area contributed by atoms with E-state index in [0.29, 0.717) is 5.69 Å². The van der Waals surface area contributed by atoms with Gasteiger partial charge in [0.25, 0.3) is 0 Å². The number of amides is 2. The number of ether oxygens (including phenoxy) is 1. The van der Waals surface area contributed by atoms with E-state index in [4.69, 9.17) is 4.74 Å². The largest absolute Gasteiger partial charge is 0.365 e. The molecule has 5 rings (SSSR count). The molecule has 0 radical (unpaired) electrons. The highest BCUT2D eigenvalue weighted by atomic mass is 16.5. The van der Waals surface area contributed by atoms with Crippen molar-refractivity contribution >= 4 is 28.3 Å². The van der Waals surface area contributed by atoms with E-state index in [2.05, 4.69) is 0 Å². The SMILES string of the molecule is O=C1[C@@H]2[C@H](C(=O)N1c1cccc3ccccc13)[C@@H]1C=C[C@H]2O1. The first-order valence-electron chi connectivity index (χ1n) is 7.45. The van der Waals surface area contributed by atoms with Gasteiger partial charge in [-0.3, -0.25) is 9.59 Å². The third-order valence-electron chi connectivity index (χ3n) is 4.92. The Bertz CT molecular complexity index is 821. The second kappa shape index (κ2) is 4.05. The molecule has 2 aromatic carbocycles. The summed E-state index contributed by atoms with van der Waals surface area (Å²) in [5.41, 5.74) is 0.682. The molecule has 4 heteroatoms. The number of anilines is 1. The molecule has 2 saturated heterocycles. The number of carbonyl (C=O) groups is 2. The first-order chi connectivity index (χ1) is 10.8. The number of carbonyl (C=O) groups excluding carboxylic acids is 2. The van der Waals surface area contributed by atoms with Crippen LogP contribution in [0.2, 0.25) is 0 Å². The summed E-state index contributed by atoms with van der Waals surface area (Å²) >= 11 is 0. The molecule has 2 bridgehead atoms. The lowest BCUT2D eigenvalue weighted by Crippen LogP contribution is -2.34. The van der Waals surface area contributed by atoms with E-state index < -0.39 is 0 Å². The molecule has 2 aromatic rings. The van der Waals surface area contributed by atoms with Crippen molar-refractivity contribution in [3.8, 4) is 0 Å². The van der Waals surface area contributed by atoms with Gasteiger partial charge in [-0.15, -0.1) is 0 Å². The molecule has 3 heterocycles. The summed E-state index contributed by atoms with van der Waals surface area (Å²) in [6.45, 7) is 0. The van der Waals surface area contributed by atoms with Crippen molar-refractivity contribution in [2.24, 2.45) is 11.8 Å². The number of benzene rings is 2. The van der Waals surface area contributed by atoms with Crippen molar-refractivity contribution in [3.05, 3.63) is 54.6 Å². The smallest absolute Gasteiger partial charge is 0.240 e. The molecule has 2 fully saturated rings. The average Bonchev–Trinajstić information content (AvgIpc) is 3.21. The number of nitrogens with zero attached hydrogens (tertiary/aromatic N) is 1. The maximum Gasteiger partial charge on any atom is 0.240 e. The summed E-state index contributed by atoms with van der Waals surface area (Å²) in [4.78, 5) is 27.0. The van der Waals surface area contributed by atoms with E-state index >= 15 is 0 Å². The van der Waals surface area contributed by atoms with E-state index in [9.17, 15) is 9.59 Å². The van der Waals surface area contributed by atoms with Gasteiger partial charge in [0.1, 0.15) is 0 Å². The molecule has 0 saturated carbocycles. The number of rotatable bonds is 1. The van der Waals surface area contributed by atoms with Crippen LogP contribution in [0.1, 0.15) is 0 Å². The Morgan fingerprint density at radius 2 is 1.45 bits per heavy atom. The molecule has 22 heavy (non-hydrogen) atoms. The van der Waals surface area contributed by atoms with E-state index in [1.54, 1.807) is 0 Å². The van der Waals surface area contributed by atoms with E-state index in [-0.39, 0.29) is 35.9 Å². The fourth-order valence-corrected chi connectivity index (χ4v) is 3.94. The molecule has 2 amide bonds. The zero-order valence-electron chi connectivity index (χ0n) is 11.7. The number of fused-ring (bicyclic) bond motifs is 6. The van der Waals surface area contributed by atoms with E-state index in [1.807, 2.05) is 54.6 Å². The molecule has 3 aliphatic heterocycles. The van der Waals surface area contributed by atoms with Crippen LogP contribution in [0.4, 0.5) is 5.69 Å². The predicted octanol–water partition coefficient (Wildman–Crippen LogP) is 2.28. The van der Waals surface area contributed by atoms with Gasteiger partial charge in [-0.2, -0.15) is 0 Å². The van der Waals surface area contributed by atoms with Crippen molar-refractivity contribution in [1.29, 1.82) is 0 Å². The lowest BCUT2D eigenvalue weighted by Gasteiger charge is -2.19. The van der Waals surface area contributed by atoms with E-state index in [1.165, 1.54) is 4.90 Å². The minimum atomic E-state index is -0.360. The van der Waals surface area contributed by atoms with Crippen molar-refractivity contribution in [2.75, 3.05) is 4.90 Å². The topological polar surface area (TPSA) is 46.6 Å². The fraction of sp³-hybridized carbons (Fsp3) is 0.222. The number of hydrogen-bond acceptors (Lipinski definition) is 3. The molecule has 0 aliphatic carbocycles. The van der Waals surface area contributed by atoms with E-state index in [0.717, 1.165) is 10.8 Å². The summed E-state index contributed by atoms with van der Waals surface area (Å²) in [5.74, 6) is -0.991. The molecule has 0 unspecified atom stereocenters. The first kappa shape index (κ1) is 12.1. The standard InChI is InChI=1S/C18H13NO3/c20-17-15-13-8-9-14(22-13)16(15)18(21)19(17)12-7-3-5-10-4-1-2-6-11(10)12/h1-9,13-16H/t13-,14+,15+,16-. The molecule has 108 valence electrons. The molecule has 0 N–H and O–H groups in total. The van der Waals surface area contributed by atoms with Crippen molar-refractivity contribution in [2.45, 2.75) is 12.2 Å². The highest BCUT2D eigenvalue weighted by Gasteiger charge is 2.61. The summed E-state index contributed by atoms with van der Waals surface area (Å²) in [7, 11) is 0. The maximum absolute atomic E-state index is 12.8.